The summed E-state index contributed by atoms with van der Waals surface area (Å²) in [7, 11) is 0. The number of halogens is 4. The molecule has 0 saturated carbocycles. The zero-order valence-corrected chi connectivity index (χ0v) is 5.91. The Labute approximate surface area is 61.8 Å². The number of hydrogen-bond donors (Lipinski definition) is 1. The highest BCUT2D eigenvalue weighted by Gasteiger charge is 2.38. The summed E-state index contributed by atoms with van der Waals surface area (Å²) in [6.07, 6.45) is -4.54. The van der Waals surface area contributed by atoms with Gasteiger partial charge in [0, 0.05) is 5.88 Å². The highest BCUT2D eigenvalue weighted by molar-refractivity contribution is 6.17. The Morgan fingerprint density at radius 2 is 1.90 bits per heavy atom. The minimum Gasteiger partial charge on any atom is -0.396 e. The lowest BCUT2D eigenvalue weighted by molar-refractivity contribution is -0.184. The van der Waals surface area contributed by atoms with Gasteiger partial charge in [-0.25, -0.2) is 0 Å². The van der Waals surface area contributed by atoms with Crippen LogP contribution in [0.25, 0.3) is 0 Å². The Hall–Kier alpha value is 0.0400. The Morgan fingerprint density at radius 1 is 1.40 bits per heavy atom. The Kier molecular flexibility index (Phi) is 4.05. The lowest BCUT2D eigenvalue weighted by atomic mass is 10.1. The van der Waals surface area contributed by atoms with E-state index in [1.165, 1.54) is 0 Å². The molecule has 0 aliphatic carbocycles. The van der Waals surface area contributed by atoms with Crippen molar-refractivity contribution in [3.05, 3.63) is 0 Å². The maximum Gasteiger partial charge on any atom is 0.394 e. The lowest BCUT2D eigenvalue weighted by Crippen LogP contribution is -2.26. The van der Waals surface area contributed by atoms with E-state index in [-0.39, 0.29) is 12.3 Å². The molecule has 0 saturated heterocycles. The van der Waals surface area contributed by atoms with Crippen molar-refractivity contribution in [1.82, 2.24) is 0 Å². The molecule has 1 atom stereocenters. The molecule has 0 amide bonds. The maximum atomic E-state index is 11.7. The Balaban J connectivity index is 3.81. The molecular weight excluding hydrogens is 169 g/mol. The van der Waals surface area contributed by atoms with Gasteiger partial charge in [-0.05, 0) is 6.42 Å². The van der Waals surface area contributed by atoms with E-state index in [1.54, 1.807) is 0 Å². The predicted octanol–water partition coefficient (Wildman–Crippen LogP) is 1.79. The number of aliphatic hydroxyl groups is 1. The molecule has 0 bridgehead atoms. The number of rotatable bonds is 3. The van der Waals surface area contributed by atoms with Gasteiger partial charge in [0.15, 0.2) is 0 Å². The molecule has 0 aromatic heterocycles. The molecule has 0 heterocycles. The van der Waals surface area contributed by atoms with Crippen LogP contribution in [-0.4, -0.2) is 23.8 Å². The molecule has 0 aliphatic heterocycles. The number of hydrogen-bond acceptors (Lipinski definition) is 1. The van der Waals surface area contributed by atoms with Crippen LogP contribution in [-0.2, 0) is 0 Å². The van der Waals surface area contributed by atoms with Gasteiger partial charge in [-0.1, -0.05) is 0 Å². The number of aliphatic hydroxyl groups excluding tert-OH is 1. The first-order chi connectivity index (χ1) is 4.52. The monoisotopic (exact) mass is 176 g/mol. The van der Waals surface area contributed by atoms with Crippen molar-refractivity contribution < 1.29 is 18.3 Å². The summed E-state index contributed by atoms with van der Waals surface area (Å²) in [6, 6.07) is 0. The van der Waals surface area contributed by atoms with E-state index >= 15 is 0 Å². The van der Waals surface area contributed by atoms with Crippen molar-refractivity contribution in [2.75, 3.05) is 12.5 Å². The van der Waals surface area contributed by atoms with E-state index in [0.29, 0.717) is 0 Å². The van der Waals surface area contributed by atoms with Crippen molar-refractivity contribution in [1.29, 1.82) is 0 Å². The van der Waals surface area contributed by atoms with Gasteiger partial charge in [0.25, 0.3) is 0 Å². The maximum absolute atomic E-state index is 11.7. The van der Waals surface area contributed by atoms with Gasteiger partial charge in [0.2, 0.25) is 0 Å². The minimum atomic E-state index is -4.32. The van der Waals surface area contributed by atoms with Crippen LogP contribution in [0.2, 0.25) is 0 Å². The van der Waals surface area contributed by atoms with Crippen LogP contribution in [0.3, 0.4) is 0 Å². The summed E-state index contributed by atoms with van der Waals surface area (Å²) < 4.78 is 35.1. The van der Waals surface area contributed by atoms with Gasteiger partial charge >= 0.3 is 6.18 Å². The van der Waals surface area contributed by atoms with Gasteiger partial charge < -0.3 is 5.11 Å². The third-order valence-corrected chi connectivity index (χ3v) is 1.36. The van der Waals surface area contributed by atoms with E-state index in [2.05, 4.69) is 0 Å². The highest BCUT2D eigenvalue weighted by Crippen LogP contribution is 2.28. The molecule has 0 aromatic carbocycles. The van der Waals surface area contributed by atoms with E-state index in [4.69, 9.17) is 16.7 Å². The SMILES string of the molecule is OCC(CCCl)C(F)(F)F. The summed E-state index contributed by atoms with van der Waals surface area (Å²) in [5.41, 5.74) is 0. The summed E-state index contributed by atoms with van der Waals surface area (Å²) in [5.74, 6) is -1.74. The summed E-state index contributed by atoms with van der Waals surface area (Å²) in [4.78, 5) is 0. The molecule has 1 unspecified atom stereocenters. The van der Waals surface area contributed by atoms with E-state index in [1.807, 2.05) is 0 Å². The van der Waals surface area contributed by atoms with Crippen molar-refractivity contribution in [3.63, 3.8) is 0 Å². The fraction of sp³-hybridized carbons (Fsp3) is 1.00. The molecule has 0 fully saturated rings. The quantitative estimate of drug-likeness (QED) is 0.650. The molecule has 1 N–H and O–H groups in total. The Morgan fingerprint density at radius 3 is 2.00 bits per heavy atom. The molecule has 0 aliphatic rings. The predicted molar refractivity (Wildman–Crippen MR) is 32.0 cm³/mol. The van der Waals surface area contributed by atoms with Crippen molar-refractivity contribution in [2.24, 2.45) is 5.92 Å². The van der Waals surface area contributed by atoms with Crippen LogP contribution in [0.1, 0.15) is 6.42 Å². The van der Waals surface area contributed by atoms with Crippen molar-refractivity contribution in [3.8, 4) is 0 Å². The molecular formula is C5H8ClF3O. The van der Waals surface area contributed by atoms with E-state index in [9.17, 15) is 13.2 Å². The first kappa shape index (κ1) is 10.0. The Bertz CT molecular complexity index is 93.4. The molecule has 0 spiro atoms. The summed E-state index contributed by atoms with van der Waals surface area (Å²) in [6.45, 7) is -0.879. The second-order valence-corrected chi connectivity index (χ2v) is 2.28. The van der Waals surface area contributed by atoms with Gasteiger partial charge in [-0.15, -0.1) is 11.6 Å². The van der Waals surface area contributed by atoms with E-state index in [0.717, 1.165) is 0 Å². The first-order valence-electron chi connectivity index (χ1n) is 2.76. The molecule has 62 valence electrons. The van der Waals surface area contributed by atoms with Gasteiger partial charge in [0.1, 0.15) is 0 Å². The lowest BCUT2D eigenvalue weighted by Gasteiger charge is -2.15. The molecule has 1 nitrogen and oxygen atoms in total. The average Bonchev–Trinajstić information content (AvgIpc) is 1.80. The van der Waals surface area contributed by atoms with Crippen LogP contribution in [0.5, 0.6) is 0 Å². The van der Waals surface area contributed by atoms with Crippen molar-refractivity contribution in [2.45, 2.75) is 12.6 Å². The zero-order chi connectivity index (χ0) is 8.20. The first-order valence-corrected chi connectivity index (χ1v) is 3.29. The van der Waals surface area contributed by atoms with Gasteiger partial charge in [-0.3, -0.25) is 0 Å². The van der Waals surface area contributed by atoms with Crippen LogP contribution < -0.4 is 0 Å². The fourth-order valence-corrected chi connectivity index (χ4v) is 0.754. The normalized spacial score (nSPS) is 15.3. The smallest absolute Gasteiger partial charge is 0.394 e. The second kappa shape index (κ2) is 4.03. The fourth-order valence-electron chi connectivity index (χ4n) is 0.490. The molecule has 0 radical (unpaired) electrons. The zero-order valence-electron chi connectivity index (χ0n) is 5.16. The average molecular weight is 177 g/mol. The van der Waals surface area contributed by atoms with Gasteiger partial charge in [0.05, 0.1) is 12.5 Å². The standard InChI is InChI=1S/C5H8ClF3O/c6-2-1-4(3-10)5(7,8)9/h4,10H,1-3H2. The van der Waals surface area contributed by atoms with Crippen LogP contribution in [0.4, 0.5) is 13.2 Å². The topological polar surface area (TPSA) is 20.2 Å². The third kappa shape index (κ3) is 3.27. The van der Waals surface area contributed by atoms with Crippen molar-refractivity contribution >= 4 is 11.6 Å². The second-order valence-electron chi connectivity index (χ2n) is 1.90. The third-order valence-electron chi connectivity index (χ3n) is 1.14. The summed E-state index contributed by atoms with van der Waals surface area (Å²) in [5, 5.41) is 8.21. The number of alkyl halides is 4. The van der Waals surface area contributed by atoms with Gasteiger partial charge in [-0.2, -0.15) is 13.2 Å². The van der Waals surface area contributed by atoms with Crippen LogP contribution in [0, 0.1) is 5.92 Å². The molecule has 0 rings (SSSR count). The van der Waals surface area contributed by atoms with E-state index < -0.39 is 18.7 Å². The minimum absolute atomic E-state index is 0.0786. The summed E-state index contributed by atoms with van der Waals surface area (Å²) >= 11 is 5.07. The molecule has 0 aromatic rings. The molecule has 10 heavy (non-hydrogen) atoms. The van der Waals surface area contributed by atoms with Crippen LogP contribution >= 0.6 is 11.6 Å². The van der Waals surface area contributed by atoms with Crippen LogP contribution in [0.15, 0.2) is 0 Å². The largest absolute Gasteiger partial charge is 0.396 e. The highest BCUT2D eigenvalue weighted by atomic mass is 35.5. The molecule has 5 heteroatoms.